The molecule has 2 heterocycles. The standard InChI is InChI=1S/C25H21F2N3O5/c26-16-6-4-14(5-7-16)8-15-9-20-22(28-11-15)23(33)21(24(34)29-12-19(32)13-31)25(35)30(20)18-3-1-2-17(27)10-18/h1-7,9-11,19,31-33H,8,12-13H2,(H,29,34). The Morgan fingerprint density at radius 2 is 1.80 bits per heavy atom. The van der Waals surface area contributed by atoms with Gasteiger partial charge in [-0.05, 0) is 53.9 Å². The summed E-state index contributed by atoms with van der Waals surface area (Å²) < 4.78 is 28.3. The highest BCUT2D eigenvalue weighted by molar-refractivity contribution is 6.01. The molecule has 0 spiro atoms. The lowest BCUT2D eigenvalue weighted by Gasteiger charge is -2.16. The lowest BCUT2D eigenvalue weighted by atomic mass is 10.0. The van der Waals surface area contributed by atoms with Crippen molar-refractivity contribution < 1.29 is 28.9 Å². The Morgan fingerprint density at radius 1 is 1.06 bits per heavy atom. The van der Waals surface area contributed by atoms with Crippen molar-refractivity contribution in [1.82, 2.24) is 14.9 Å². The fourth-order valence-corrected chi connectivity index (χ4v) is 3.66. The zero-order valence-electron chi connectivity index (χ0n) is 18.3. The fraction of sp³-hybridized carbons (Fsp3) is 0.160. The van der Waals surface area contributed by atoms with E-state index in [9.17, 15) is 28.6 Å². The smallest absolute Gasteiger partial charge is 0.272 e. The summed E-state index contributed by atoms with van der Waals surface area (Å²) in [5.74, 6) is -2.68. The molecule has 0 aliphatic rings. The minimum absolute atomic E-state index is 0.0791. The second kappa shape index (κ2) is 10.00. The van der Waals surface area contributed by atoms with Crippen LogP contribution in [0.4, 0.5) is 8.78 Å². The molecule has 1 amide bonds. The first-order valence-electron chi connectivity index (χ1n) is 10.6. The average molecular weight is 481 g/mol. The highest BCUT2D eigenvalue weighted by atomic mass is 19.1. The van der Waals surface area contributed by atoms with E-state index in [1.54, 1.807) is 18.2 Å². The van der Waals surface area contributed by atoms with Crippen LogP contribution in [-0.4, -0.2) is 50.0 Å². The van der Waals surface area contributed by atoms with Gasteiger partial charge in [-0.25, -0.2) is 8.78 Å². The van der Waals surface area contributed by atoms with Crippen LogP contribution in [0.1, 0.15) is 21.5 Å². The molecule has 180 valence electrons. The largest absolute Gasteiger partial charge is 0.505 e. The third-order valence-electron chi connectivity index (χ3n) is 5.37. The van der Waals surface area contributed by atoms with Crippen LogP contribution in [-0.2, 0) is 6.42 Å². The topological polar surface area (TPSA) is 125 Å². The number of rotatable bonds is 7. The zero-order chi connectivity index (χ0) is 25.1. The maximum atomic E-state index is 14.0. The Bertz CT molecular complexity index is 1450. The molecule has 0 aliphatic heterocycles. The van der Waals surface area contributed by atoms with E-state index >= 15 is 0 Å². The second-order valence-electron chi connectivity index (χ2n) is 7.91. The van der Waals surface area contributed by atoms with Gasteiger partial charge in [0, 0.05) is 12.7 Å². The van der Waals surface area contributed by atoms with Crippen molar-refractivity contribution in [3.8, 4) is 11.4 Å². The SMILES string of the molecule is O=C(NCC(O)CO)c1c(O)c2ncc(Cc3ccc(F)cc3)cc2n(-c2cccc(F)c2)c1=O. The summed E-state index contributed by atoms with van der Waals surface area (Å²) in [7, 11) is 0. The van der Waals surface area contributed by atoms with Crippen molar-refractivity contribution in [2.45, 2.75) is 12.5 Å². The highest BCUT2D eigenvalue weighted by Crippen LogP contribution is 2.28. The van der Waals surface area contributed by atoms with Crippen LogP contribution in [0.25, 0.3) is 16.7 Å². The quantitative estimate of drug-likeness (QED) is 0.320. The van der Waals surface area contributed by atoms with Crippen molar-refractivity contribution >= 4 is 16.9 Å². The molecule has 0 saturated carbocycles. The first-order valence-corrected chi connectivity index (χ1v) is 10.6. The first kappa shape index (κ1) is 24.0. The number of nitrogens with zero attached hydrogens (tertiary/aromatic N) is 2. The molecule has 4 aromatic rings. The average Bonchev–Trinajstić information content (AvgIpc) is 2.84. The van der Waals surface area contributed by atoms with Crippen molar-refractivity contribution in [2.24, 2.45) is 0 Å². The van der Waals surface area contributed by atoms with Gasteiger partial charge in [0.05, 0.1) is 23.9 Å². The van der Waals surface area contributed by atoms with E-state index in [1.165, 1.54) is 36.5 Å². The molecule has 35 heavy (non-hydrogen) atoms. The number of amides is 1. The predicted molar refractivity (Wildman–Crippen MR) is 124 cm³/mol. The first-order chi connectivity index (χ1) is 16.8. The van der Waals surface area contributed by atoms with Crippen molar-refractivity contribution in [3.05, 3.63) is 99.5 Å². The molecule has 2 aromatic heterocycles. The number of benzene rings is 2. The van der Waals surface area contributed by atoms with Crippen LogP contribution < -0.4 is 10.9 Å². The third kappa shape index (κ3) is 5.03. The number of carbonyl (C=O) groups excluding carboxylic acids is 1. The number of nitrogens with one attached hydrogen (secondary N) is 1. The number of carbonyl (C=O) groups is 1. The summed E-state index contributed by atoms with van der Waals surface area (Å²) in [5.41, 5.74) is -0.0337. The van der Waals surface area contributed by atoms with Crippen LogP contribution in [0.15, 0.2) is 65.6 Å². The number of hydrogen-bond donors (Lipinski definition) is 4. The monoisotopic (exact) mass is 481 g/mol. The Hall–Kier alpha value is -4.15. The third-order valence-corrected chi connectivity index (χ3v) is 5.37. The van der Waals surface area contributed by atoms with Crippen molar-refractivity contribution in [2.75, 3.05) is 13.2 Å². The van der Waals surface area contributed by atoms with Gasteiger partial charge in [0.25, 0.3) is 11.5 Å². The Labute approximate surface area is 197 Å². The van der Waals surface area contributed by atoms with Gasteiger partial charge in [-0.15, -0.1) is 0 Å². The Balaban J connectivity index is 1.89. The molecular formula is C25H21F2N3O5. The van der Waals surface area contributed by atoms with Crippen molar-refractivity contribution in [3.63, 3.8) is 0 Å². The summed E-state index contributed by atoms with van der Waals surface area (Å²) in [6.45, 7) is -0.980. The Kier molecular flexibility index (Phi) is 6.85. The molecule has 0 aliphatic carbocycles. The van der Waals surface area contributed by atoms with Gasteiger partial charge >= 0.3 is 0 Å². The molecule has 4 N–H and O–H groups in total. The van der Waals surface area contributed by atoms with Gasteiger partial charge < -0.3 is 20.6 Å². The molecule has 10 heteroatoms. The highest BCUT2D eigenvalue weighted by Gasteiger charge is 2.24. The number of fused-ring (bicyclic) bond motifs is 1. The van der Waals surface area contributed by atoms with E-state index in [0.717, 1.165) is 16.2 Å². The lowest BCUT2D eigenvalue weighted by Crippen LogP contribution is -2.38. The number of aromatic hydroxyl groups is 1. The van der Waals surface area contributed by atoms with Crippen LogP contribution in [0.2, 0.25) is 0 Å². The van der Waals surface area contributed by atoms with E-state index in [2.05, 4.69) is 10.3 Å². The molecule has 8 nitrogen and oxygen atoms in total. The Morgan fingerprint density at radius 3 is 2.49 bits per heavy atom. The number of aliphatic hydroxyl groups is 2. The van der Waals surface area contributed by atoms with E-state index in [-0.39, 0.29) is 29.1 Å². The van der Waals surface area contributed by atoms with Gasteiger partial charge in [-0.2, -0.15) is 0 Å². The summed E-state index contributed by atoms with van der Waals surface area (Å²) in [6.07, 6.45) is 0.519. The van der Waals surface area contributed by atoms with E-state index in [4.69, 9.17) is 5.11 Å². The minimum Gasteiger partial charge on any atom is -0.505 e. The van der Waals surface area contributed by atoms with Crippen molar-refractivity contribution in [1.29, 1.82) is 0 Å². The summed E-state index contributed by atoms with van der Waals surface area (Å²) >= 11 is 0. The maximum Gasteiger partial charge on any atom is 0.272 e. The van der Waals surface area contributed by atoms with E-state index in [0.29, 0.717) is 12.0 Å². The summed E-state index contributed by atoms with van der Waals surface area (Å²) in [5, 5.41) is 31.5. The van der Waals surface area contributed by atoms with Gasteiger partial charge in [-0.1, -0.05) is 18.2 Å². The van der Waals surface area contributed by atoms with Crippen LogP contribution in [0, 0.1) is 11.6 Å². The number of aromatic nitrogens is 2. The molecular weight excluding hydrogens is 460 g/mol. The molecule has 0 radical (unpaired) electrons. The van der Waals surface area contributed by atoms with Gasteiger partial charge in [0.2, 0.25) is 0 Å². The van der Waals surface area contributed by atoms with Gasteiger partial charge in [-0.3, -0.25) is 19.1 Å². The van der Waals surface area contributed by atoms with Crippen LogP contribution in [0.3, 0.4) is 0 Å². The minimum atomic E-state index is -1.26. The van der Waals surface area contributed by atoms with Crippen LogP contribution in [0.5, 0.6) is 5.75 Å². The summed E-state index contributed by atoms with van der Waals surface area (Å²) in [6, 6.07) is 12.6. The number of hydrogen-bond acceptors (Lipinski definition) is 6. The molecule has 0 fully saturated rings. The molecule has 4 rings (SSSR count). The normalized spacial score (nSPS) is 12.0. The van der Waals surface area contributed by atoms with Gasteiger partial charge in [0.1, 0.15) is 22.7 Å². The van der Waals surface area contributed by atoms with E-state index in [1.807, 2.05) is 0 Å². The molecule has 2 aromatic carbocycles. The predicted octanol–water partition coefficient (Wildman–Crippen LogP) is 2.04. The molecule has 1 atom stereocenters. The molecule has 0 saturated heterocycles. The van der Waals surface area contributed by atoms with Crippen LogP contribution >= 0.6 is 0 Å². The zero-order valence-corrected chi connectivity index (χ0v) is 18.3. The van der Waals surface area contributed by atoms with E-state index < -0.39 is 41.3 Å². The molecule has 1 unspecified atom stereocenters. The molecule has 0 bridgehead atoms. The number of aliphatic hydroxyl groups excluding tert-OH is 2. The van der Waals surface area contributed by atoms with Gasteiger partial charge in [0.15, 0.2) is 5.75 Å². The maximum absolute atomic E-state index is 14.0. The lowest BCUT2D eigenvalue weighted by molar-refractivity contribution is 0.0799. The fourth-order valence-electron chi connectivity index (χ4n) is 3.66. The summed E-state index contributed by atoms with van der Waals surface area (Å²) in [4.78, 5) is 30.4. The number of pyridine rings is 2. The second-order valence-corrected chi connectivity index (χ2v) is 7.91. The number of halogens is 2.